The van der Waals surface area contributed by atoms with E-state index in [1.54, 1.807) is 0 Å². The van der Waals surface area contributed by atoms with E-state index < -0.39 is 31.3 Å². The molecule has 0 spiro atoms. The van der Waals surface area contributed by atoms with Gasteiger partial charge in [-0.25, -0.2) is 0 Å². The van der Waals surface area contributed by atoms with Crippen molar-refractivity contribution in [2.75, 3.05) is 0 Å². The molecule has 0 atom stereocenters. The van der Waals surface area contributed by atoms with E-state index in [1.807, 2.05) is 0 Å². The molecule has 0 rings (SSSR count). The summed E-state index contributed by atoms with van der Waals surface area (Å²) < 4.78 is 34.2. The molecule has 0 aliphatic carbocycles. The Kier molecular flexibility index (Phi) is 45.9. The van der Waals surface area contributed by atoms with Crippen LogP contribution in [0.2, 0.25) is 0 Å². The SMILES string of the molecule is O=P([O-])([O-])[O-].O=P([O-])([O-])[O-].O=P([O-])([O-])[O-].O=P([O-])([O-])[O-].[Al+3].[Al+3].[Al+3].[Al+3]. The quantitative estimate of drug-likeness (QED) is 0.226. The van der Waals surface area contributed by atoms with Crippen LogP contribution in [0.5, 0.6) is 0 Å². The fraction of sp³-hybridized carbons (Fsp3) is 0. The molecule has 0 saturated heterocycles. The molecule has 16 nitrogen and oxygen atoms in total. The second kappa shape index (κ2) is 21.9. The topological polar surface area (TPSA) is 345 Å². The van der Waals surface area contributed by atoms with Crippen LogP contribution in [0.4, 0.5) is 0 Å². The van der Waals surface area contributed by atoms with E-state index >= 15 is 0 Å². The zero-order valence-electron chi connectivity index (χ0n) is 10.6. The molecule has 0 aliphatic heterocycles. The summed E-state index contributed by atoms with van der Waals surface area (Å²) in [5, 5.41) is 0. The van der Waals surface area contributed by atoms with Crippen LogP contribution < -0.4 is 58.7 Å². The predicted octanol–water partition coefficient (Wildman–Crippen LogP) is -12.8. The Labute approximate surface area is 177 Å². The summed E-state index contributed by atoms with van der Waals surface area (Å²) in [6, 6.07) is 0. The number of hydrogen-bond donors (Lipinski definition) is 0. The van der Waals surface area contributed by atoms with Crippen LogP contribution in [0.1, 0.15) is 0 Å². The minimum atomic E-state index is -5.39. The maximum Gasteiger partial charge on any atom is 3.00 e. The largest absolute Gasteiger partial charge is 3.00 e. The van der Waals surface area contributed by atoms with Gasteiger partial charge in [0.05, 0.1) is 0 Å². The van der Waals surface area contributed by atoms with Gasteiger partial charge in [0.15, 0.2) is 0 Å². The minimum absolute atomic E-state index is 0. The number of phosphoric acid groups is 4. The van der Waals surface area contributed by atoms with Gasteiger partial charge in [-0.05, 0) is 0 Å². The van der Waals surface area contributed by atoms with Gasteiger partial charge in [0.2, 0.25) is 0 Å². The summed E-state index contributed by atoms with van der Waals surface area (Å²) in [5.74, 6) is 0. The van der Waals surface area contributed by atoms with Crippen LogP contribution in [0, 0.1) is 0 Å². The molecule has 0 unspecified atom stereocenters. The molecule has 0 aromatic heterocycles. The average Bonchev–Trinajstić information content (AvgIpc) is 1.62. The van der Waals surface area contributed by atoms with Gasteiger partial charge in [-0.3, -0.25) is 0 Å². The molecular weight excluding hydrogens is 488 g/mol. The first-order valence-electron chi connectivity index (χ1n) is 2.92. The van der Waals surface area contributed by atoms with E-state index in [0.29, 0.717) is 0 Å². The summed E-state index contributed by atoms with van der Waals surface area (Å²) in [7, 11) is -21.6. The van der Waals surface area contributed by atoms with Crippen LogP contribution in [0.3, 0.4) is 0 Å². The molecule has 0 heterocycles. The van der Waals surface area contributed by atoms with Crippen LogP contribution in [0.25, 0.3) is 0 Å². The molecule has 0 aromatic carbocycles. The number of rotatable bonds is 0. The van der Waals surface area contributed by atoms with Crippen molar-refractivity contribution in [3.8, 4) is 0 Å². The smallest absolute Gasteiger partial charge is 0.822 e. The summed E-state index contributed by atoms with van der Waals surface area (Å²) >= 11 is 0. The van der Waals surface area contributed by atoms with Crippen molar-refractivity contribution >= 4 is 101 Å². The van der Waals surface area contributed by atoms with Crippen molar-refractivity contribution in [3.05, 3.63) is 0 Å². The van der Waals surface area contributed by atoms with Gasteiger partial charge in [0.1, 0.15) is 0 Å². The summed E-state index contributed by atoms with van der Waals surface area (Å²) in [5.41, 5.74) is 0. The Morgan fingerprint density at radius 3 is 0.292 bits per heavy atom. The molecule has 0 saturated carbocycles. The third-order valence-corrected chi connectivity index (χ3v) is 0. The third-order valence-electron chi connectivity index (χ3n) is 0. The van der Waals surface area contributed by atoms with Gasteiger partial charge in [0.25, 0.3) is 0 Å². The normalized spacial score (nSPS) is 9.83. The van der Waals surface area contributed by atoms with Gasteiger partial charge in [-0.1, -0.05) is 0 Å². The second-order valence-electron chi connectivity index (χ2n) is 1.79. The van der Waals surface area contributed by atoms with E-state index in [9.17, 15) is 0 Å². The first kappa shape index (κ1) is 50.4. The van der Waals surface area contributed by atoms with Gasteiger partial charge in [-0.2, -0.15) is 31.3 Å². The second-order valence-corrected chi connectivity index (χ2v) is 5.37. The zero-order valence-corrected chi connectivity index (χ0v) is 18.8. The van der Waals surface area contributed by atoms with Crippen molar-refractivity contribution in [2.24, 2.45) is 0 Å². The van der Waals surface area contributed by atoms with E-state index in [1.165, 1.54) is 0 Å². The zero-order chi connectivity index (χ0) is 18.0. The molecule has 0 radical (unpaired) electrons. The fourth-order valence-corrected chi connectivity index (χ4v) is 0. The van der Waals surface area contributed by atoms with Crippen molar-refractivity contribution in [1.29, 1.82) is 0 Å². The van der Waals surface area contributed by atoms with Crippen molar-refractivity contribution < 1.29 is 77.0 Å². The molecule has 0 aromatic rings. The van der Waals surface area contributed by atoms with Crippen molar-refractivity contribution in [1.82, 2.24) is 0 Å². The van der Waals surface area contributed by atoms with Crippen molar-refractivity contribution in [2.45, 2.75) is 0 Å². The maximum absolute atomic E-state index is 8.55. The minimum Gasteiger partial charge on any atom is -0.822 e. The van der Waals surface area contributed by atoms with Crippen LogP contribution >= 0.6 is 31.3 Å². The Morgan fingerprint density at radius 1 is 0.292 bits per heavy atom. The van der Waals surface area contributed by atoms with Crippen LogP contribution in [-0.2, 0) is 18.3 Å². The van der Waals surface area contributed by atoms with Crippen LogP contribution in [0.15, 0.2) is 0 Å². The molecule has 24 heteroatoms. The molecule has 24 heavy (non-hydrogen) atoms. The molecule has 0 amide bonds. The first-order chi connectivity index (χ1) is 8.00. The Bertz CT molecular complexity index is 295. The molecule has 0 N–H and O–H groups in total. The van der Waals surface area contributed by atoms with E-state index in [-0.39, 0.29) is 69.4 Å². The van der Waals surface area contributed by atoms with Gasteiger partial charge >= 0.3 is 69.4 Å². The van der Waals surface area contributed by atoms with E-state index in [4.69, 9.17) is 77.0 Å². The fourth-order valence-electron chi connectivity index (χ4n) is 0. The first-order valence-corrected chi connectivity index (χ1v) is 8.76. The van der Waals surface area contributed by atoms with E-state index in [2.05, 4.69) is 0 Å². The van der Waals surface area contributed by atoms with E-state index in [0.717, 1.165) is 0 Å². The Balaban J connectivity index is -0.0000000225. The maximum atomic E-state index is 8.55. The average molecular weight is 488 g/mol. The Morgan fingerprint density at radius 2 is 0.292 bits per heavy atom. The molecule has 0 bridgehead atoms. The Hall–Kier alpha value is 2.57. The van der Waals surface area contributed by atoms with Gasteiger partial charge in [0, 0.05) is 0 Å². The monoisotopic (exact) mass is 488 g/mol. The third kappa shape index (κ3) is 2070. The standard InChI is InChI=1S/4Al.4H3O4P/c;;;;4*1-5(2,3)4/h;;;;4*(H3,1,2,3,4)/q4*+3;;;;/p-12. The number of hydrogen-bond acceptors (Lipinski definition) is 16. The molecule has 128 valence electrons. The van der Waals surface area contributed by atoms with Gasteiger partial charge < -0.3 is 77.0 Å². The molecule has 0 aliphatic rings. The summed E-state index contributed by atoms with van der Waals surface area (Å²) in [6.07, 6.45) is 0. The van der Waals surface area contributed by atoms with Crippen molar-refractivity contribution in [3.63, 3.8) is 0 Å². The predicted molar refractivity (Wildman–Crippen MR) is 53.4 cm³/mol. The van der Waals surface area contributed by atoms with Gasteiger partial charge in [-0.15, -0.1) is 0 Å². The molecule has 0 fully saturated rings. The summed E-state index contributed by atoms with van der Waals surface area (Å²) in [6.45, 7) is 0. The van der Waals surface area contributed by atoms with Crippen LogP contribution in [-0.4, -0.2) is 69.4 Å². The molecular formula is Al4O16P4. The summed E-state index contributed by atoms with van der Waals surface area (Å²) in [4.78, 5) is 103.